The highest BCUT2D eigenvalue weighted by atomic mass is 16.5. The molecule has 2 saturated carbocycles. The molecular formula is C10H16O. The van der Waals surface area contributed by atoms with Crippen LogP contribution in [-0.2, 0) is 4.74 Å². The molecule has 62 valence electrons. The van der Waals surface area contributed by atoms with E-state index in [4.69, 9.17) is 4.74 Å². The fourth-order valence-corrected chi connectivity index (χ4v) is 2.82. The second kappa shape index (κ2) is 2.22. The van der Waals surface area contributed by atoms with Crippen molar-refractivity contribution < 1.29 is 4.74 Å². The van der Waals surface area contributed by atoms with E-state index in [1.807, 2.05) is 0 Å². The van der Waals surface area contributed by atoms with Gasteiger partial charge in [0.15, 0.2) is 0 Å². The molecular weight excluding hydrogens is 136 g/mol. The van der Waals surface area contributed by atoms with Gasteiger partial charge in [-0.25, -0.2) is 0 Å². The normalized spacial score (nSPS) is 49.6. The van der Waals surface area contributed by atoms with Gasteiger partial charge in [0.25, 0.3) is 0 Å². The van der Waals surface area contributed by atoms with Gasteiger partial charge in [0, 0.05) is 13.2 Å². The van der Waals surface area contributed by atoms with Crippen LogP contribution < -0.4 is 0 Å². The van der Waals surface area contributed by atoms with Crippen LogP contribution in [0.4, 0.5) is 0 Å². The monoisotopic (exact) mass is 152 g/mol. The topological polar surface area (TPSA) is 9.23 Å². The van der Waals surface area contributed by atoms with E-state index >= 15 is 0 Å². The summed E-state index contributed by atoms with van der Waals surface area (Å²) in [6.07, 6.45) is 5.97. The van der Waals surface area contributed by atoms with E-state index in [9.17, 15) is 0 Å². The summed E-state index contributed by atoms with van der Waals surface area (Å²) in [6.45, 7) is 2.17. The summed E-state index contributed by atoms with van der Waals surface area (Å²) in [6, 6.07) is 0. The number of fused-ring (bicyclic) bond motifs is 1. The molecule has 1 aliphatic heterocycles. The van der Waals surface area contributed by atoms with Crippen LogP contribution in [0.25, 0.3) is 0 Å². The number of hydrogen-bond acceptors (Lipinski definition) is 1. The van der Waals surface area contributed by atoms with Crippen LogP contribution in [0, 0.1) is 23.7 Å². The van der Waals surface area contributed by atoms with Crippen LogP contribution in [0.2, 0.25) is 0 Å². The molecule has 0 amide bonds. The van der Waals surface area contributed by atoms with E-state index in [1.165, 1.54) is 25.7 Å². The van der Waals surface area contributed by atoms with E-state index in [0.717, 1.165) is 36.9 Å². The Labute approximate surface area is 68.1 Å². The van der Waals surface area contributed by atoms with Crippen molar-refractivity contribution >= 4 is 0 Å². The minimum Gasteiger partial charge on any atom is -0.381 e. The average molecular weight is 152 g/mol. The molecule has 0 N–H and O–H groups in total. The number of hydrogen-bond donors (Lipinski definition) is 0. The largest absolute Gasteiger partial charge is 0.381 e. The molecule has 3 aliphatic rings. The van der Waals surface area contributed by atoms with E-state index in [1.54, 1.807) is 0 Å². The molecule has 0 bridgehead atoms. The lowest BCUT2D eigenvalue weighted by atomic mass is 9.73. The lowest BCUT2D eigenvalue weighted by Crippen LogP contribution is -2.31. The molecule has 3 fully saturated rings. The van der Waals surface area contributed by atoms with Crippen molar-refractivity contribution in [2.24, 2.45) is 23.7 Å². The Bertz CT molecular complexity index is 160. The molecule has 1 nitrogen and oxygen atoms in total. The first kappa shape index (κ1) is 6.47. The summed E-state index contributed by atoms with van der Waals surface area (Å²) in [5, 5.41) is 0. The number of rotatable bonds is 1. The van der Waals surface area contributed by atoms with Gasteiger partial charge in [0.05, 0.1) is 0 Å². The van der Waals surface area contributed by atoms with E-state index in [-0.39, 0.29) is 0 Å². The first-order valence-corrected chi connectivity index (χ1v) is 5.03. The minimum atomic E-state index is 0.975. The standard InChI is InChI=1S/C10H16O/c1-2-7(3-1)10-6-11-5-8-4-9(8)10/h7-10H,1-6H2. The van der Waals surface area contributed by atoms with Crippen LogP contribution in [0.3, 0.4) is 0 Å². The Balaban J connectivity index is 1.67. The molecule has 0 aromatic rings. The van der Waals surface area contributed by atoms with Gasteiger partial charge in [0.2, 0.25) is 0 Å². The Morgan fingerprint density at radius 1 is 0.909 bits per heavy atom. The van der Waals surface area contributed by atoms with Crippen molar-refractivity contribution in [1.29, 1.82) is 0 Å². The fraction of sp³-hybridized carbons (Fsp3) is 1.00. The van der Waals surface area contributed by atoms with Gasteiger partial charge in [-0.3, -0.25) is 0 Å². The van der Waals surface area contributed by atoms with Gasteiger partial charge in [-0.15, -0.1) is 0 Å². The summed E-state index contributed by atoms with van der Waals surface area (Å²) in [5.41, 5.74) is 0. The highest BCUT2D eigenvalue weighted by Gasteiger charge is 2.49. The summed E-state index contributed by atoms with van der Waals surface area (Å²) < 4.78 is 5.59. The SMILES string of the molecule is C1CC(C2COCC3CC32)C1. The highest BCUT2D eigenvalue weighted by molar-refractivity contribution is 4.97. The van der Waals surface area contributed by atoms with Crippen molar-refractivity contribution in [1.82, 2.24) is 0 Å². The first-order valence-electron chi connectivity index (χ1n) is 5.03. The predicted octanol–water partition coefficient (Wildman–Crippen LogP) is 2.07. The Morgan fingerprint density at radius 2 is 1.82 bits per heavy atom. The maximum absolute atomic E-state index is 5.59. The Kier molecular flexibility index (Phi) is 1.31. The first-order chi connectivity index (χ1) is 5.45. The molecule has 3 atom stereocenters. The third-order valence-corrected chi connectivity index (χ3v) is 3.92. The second-order valence-corrected chi connectivity index (χ2v) is 4.55. The fourth-order valence-electron chi connectivity index (χ4n) is 2.82. The molecule has 0 spiro atoms. The molecule has 3 rings (SSSR count). The van der Waals surface area contributed by atoms with Crippen LogP contribution in [0.5, 0.6) is 0 Å². The molecule has 11 heavy (non-hydrogen) atoms. The molecule has 1 heteroatoms. The molecule has 2 aliphatic carbocycles. The van der Waals surface area contributed by atoms with Crippen molar-refractivity contribution in [3.8, 4) is 0 Å². The predicted molar refractivity (Wildman–Crippen MR) is 43.2 cm³/mol. The van der Waals surface area contributed by atoms with Gasteiger partial charge in [-0.05, 0) is 30.1 Å². The lowest BCUT2D eigenvalue weighted by Gasteiger charge is -2.35. The van der Waals surface area contributed by atoms with Gasteiger partial charge < -0.3 is 4.74 Å². The van der Waals surface area contributed by atoms with E-state index < -0.39 is 0 Å². The lowest BCUT2D eigenvalue weighted by molar-refractivity contribution is 0.00448. The van der Waals surface area contributed by atoms with Gasteiger partial charge in [-0.1, -0.05) is 19.3 Å². The van der Waals surface area contributed by atoms with Crippen LogP contribution in [0.1, 0.15) is 25.7 Å². The smallest absolute Gasteiger partial charge is 0.0499 e. The molecule has 0 aromatic carbocycles. The highest BCUT2D eigenvalue weighted by Crippen LogP contribution is 2.53. The molecule has 1 heterocycles. The zero-order chi connectivity index (χ0) is 7.26. The van der Waals surface area contributed by atoms with Crippen LogP contribution >= 0.6 is 0 Å². The summed E-state index contributed by atoms with van der Waals surface area (Å²) >= 11 is 0. The number of ether oxygens (including phenoxy) is 1. The van der Waals surface area contributed by atoms with Crippen LogP contribution in [-0.4, -0.2) is 13.2 Å². The Hall–Kier alpha value is -0.0400. The second-order valence-electron chi connectivity index (χ2n) is 4.55. The van der Waals surface area contributed by atoms with Gasteiger partial charge in [-0.2, -0.15) is 0 Å². The third kappa shape index (κ3) is 0.936. The quantitative estimate of drug-likeness (QED) is 0.559. The van der Waals surface area contributed by atoms with Gasteiger partial charge in [0.1, 0.15) is 0 Å². The zero-order valence-electron chi connectivity index (χ0n) is 6.96. The maximum Gasteiger partial charge on any atom is 0.0499 e. The van der Waals surface area contributed by atoms with Crippen molar-refractivity contribution in [3.63, 3.8) is 0 Å². The van der Waals surface area contributed by atoms with Crippen molar-refractivity contribution in [2.75, 3.05) is 13.2 Å². The zero-order valence-corrected chi connectivity index (χ0v) is 6.96. The summed E-state index contributed by atoms with van der Waals surface area (Å²) in [4.78, 5) is 0. The third-order valence-electron chi connectivity index (χ3n) is 3.92. The van der Waals surface area contributed by atoms with Gasteiger partial charge >= 0.3 is 0 Å². The van der Waals surface area contributed by atoms with E-state index in [0.29, 0.717) is 0 Å². The molecule has 1 saturated heterocycles. The molecule has 3 unspecified atom stereocenters. The van der Waals surface area contributed by atoms with Crippen molar-refractivity contribution in [3.05, 3.63) is 0 Å². The molecule has 0 radical (unpaired) electrons. The Morgan fingerprint density at radius 3 is 2.55 bits per heavy atom. The summed E-state index contributed by atoms with van der Waals surface area (Å²) in [5.74, 6) is 4.11. The summed E-state index contributed by atoms with van der Waals surface area (Å²) in [7, 11) is 0. The maximum atomic E-state index is 5.59. The average Bonchev–Trinajstić information content (AvgIpc) is 2.62. The van der Waals surface area contributed by atoms with Crippen LogP contribution in [0.15, 0.2) is 0 Å². The van der Waals surface area contributed by atoms with E-state index in [2.05, 4.69) is 0 Å². The molecule has 0 aromatic heterocycles. The van der Waals surface area contributed by atoms with Crippen molar-refractivity contribution in [2.45, 2.75) is 25.7 Å². The minimum absolute atomic E-state index is 0.975.